The molecule has 2 aromatic heterocycles. The molecular formula is C21H25N5O2S. The van der Waals surface area contributed by atoms with Gasteiger partial charge in [0, 0.05) is 24.4 Å². The molecule has 152 valence electrons. The van der Waals surface area contributed by atoms with Crippen molar-refractivity contribution >= 4 is 28.4 Å². The topological polar surface area (TPSA) is 92.7 Å². The third-order valence-electron chi connectivity index (χ3n) is 5.47. The molecule has 29 heavy (non-hydrogen) atoms. The molecule has 1 fully saturated rings. The van der Waals surface area contributed by atoms with Crippen LogP contribution < -0.4 is 10.9 Å². The van der Waals surface area contributed by atoms with E-state index in [1.165, 1.54) is 25.7 Å². The van der Waals surface area contributed by atoms with E-state index in [-0.39, 0.29) is 17.2 Å². The van der Waals surface area contributed by atoms with Crippen molar-refractivity contribution in [2.75, 3.05) is 12.8 Å². The van der Waals surface area contributed by atoms with Crippen molar-refractivity contribution in [3.63, 3.8) is 0 Å². The predicted molar refractivity (Wildman–Crippen MR) is 115 cm³/mol. The van der Waals surface area contributed by atoms with Crippen molar-refractivity contribution in [2.24, 2.45) is 0 Å². The summed E-state index contributed by atoms with van der Waals surface area (Å²) in [6.07, 6.45) is 8.45. The lowest BCUT2D eigenvalue weighted by atomic mass is 10.1. The Morgan fingerprint density at radius 3 is 2.86 bits per heavy atom. The largest absolute Gasteiger partial charge is 0.351 e. The van der Waals surface area contributed by atoms with Gasteiger partial charge in [0.15, 0.2) is 5.16 Å². The molecule has 1 saturated carbocycles. The van der Waals surface area contributed by atoms with E-state index in [4.69, 9.17) is 0 Å². The first kappa shape index (κ1) is 19.7. The molecule has 1 aliphatic rings. The molecule has 0 radical (unpaired) electrons. The summed E-state index contributed by atoms with van der Waals surface area (Å²) in [6, 6.07) is 9.46. The fraction of sp³-hybridized carbons (Fsp3) is 0.429. The molecule has 2 heterocycles. The fourth-order valence-corrected chi connectivity index (χ4v) is 4.60. The van der Waals surface area contributed by atoms with Gasteiger partial charge in [0.25, 0.3) is 11.5 Å². The van der Waals surface area contributed by atoms with Crippen LogP contribution in [0.15, 0.2) is 40.3 Å². The maximum absolute atomic E-state index is 12.5. The van der Waals surface area contributed by atoms with Crippen molar-refractivity contribution in [1.82, 2.24) is 25.1 Å². The summed E-state index contributed by atoms with van der Waals surface area (Å²) in [6.45, 7) is 0.514. The van der Waals surface area contributed by atoms with E-state index in [0.29, 0.717) is 18.0 Å². The van der Waals surface area contributed by atoms with Gasteiger partial charge in [-0.1, -0.05) is 42.8 Å². The molecule has 0 unspecified atom stereocenters. The minimum Gasteiger partial charge on any atom is -0.351 e. The quantitative estimate of drug-likeness (QED) is 0.460. The van der Waals surface area contributed by atoms with Crippen LogP contribution in [0.5, 0.6) is 0 Å². The zero-order chi connectivity index (χ0) is 20.2. The average Bonchev–Trinajstić information content (AvgIpc) is 3.40. The van der Waals surface area contributed by atoms with Crippen LogP contribution >= 0.6 is 11.8 Å². The maximum atomic E-state index is 12.5. The van der Waals surface area contributed by atoms with Crippen LogP contribution in [-0.2, 0) is 6.42 Å². The standard InChI is InChI=1S/C21H25N5O2S/c1-29-21-25-24-18(26(21)15-8-3-4-9-15)11-6-12-22-20(28)17-13-14-7-2-5-10-16(14)19(27)23-17/h2,5,7,10,13,15H,3-4,6,8-9,11-12H2,1H3,(H,22,28)(H,23,27). The van der Waals surface area contributed by atoms with E-state index in [9.17, 15) is 9.59 Å². The Morgan fingerprint density at radius 1 is 1.28 bits per heavy atom. The summed E-state index contributed by atoms with van der Waals surface area (Å²) in [7, 11) is 0. The number of fused-ring (bicyclic) bond motifs is 1. The number of H-pyrrole nitrogens is 1. The fourth-order valence-electron chi connectivity index (χ4n) is 4.02. The van der Waals surface area contributed by atoms with E-state index < -0.39 is 0 Å². The van der Waals surface area contributed by atoms with E-state index in [0.717, 1.165) is 29.2 Å². The zero-order valence-corrected chi connectivity index (χ0v) is 17.3. The van der Waals surface area contributed by atoms with Crippen LogP contribution in [0.4, 0.5) is 0 Å². The van der Waals surface area contributed by atoms with E-state index in [1.54, 1.807) is 23.9 Å². The van der Waals surface area contributed by atoms with Crippen LogP contribution in [0.3, 0.4) is 0 Å². The number of benzene rings is 1. The van der Waals surface area contributed by atoms with Gasteiger partial charge in [-0.25, -0.2) is 0 Å². The summed E-state index contributed by atoms with van der Waals surface area (Å²) in [4.78, 5) is 27.3. The summed E-state index contributed by atoms with van der Waals surface area (Å²) >= 11 is 1.63. The molecule has 2 N–H and O–H groups in total. The lowest BCUT2D eigenvalue weighted by molar-refractivity contribution is 0.0948. The first-order valence-corrected chi connectivity index (χ1v) is 11.3. The van der Waals surface area contributed by atoms with Crippen LogP contribution in [0.2, 0.25) is 0 Å². The molecule has 1 aromatic carbocycles. The third-order valence-corrected chi connectivity index (χ3v) is 6.11. The van der Waals surface area contributed by atoms with Crippen LogP contribution in [0, 0.1) is 0 Å². The van der Waals surface area contributed by atoms with Gasteiger partial charge in [0.2, 0.25) is 0 Å². The Bertz CT molecular complexity index is 1070. The van der Waals surface area contributed by atoms with Gasteiger partial charge in [0.1, 0.15) is 11.5 Å². The van der Waals surface area contributed by atoms with Crippen LogP contribution in [0.1, 0.15) is 54.5 Å². The summed E-state index contributed by atoms with van der Waals surface area (Å²) in [5, 5.41) is 13.9. The van der Waals surface area contributed by atoms with Gasteiger partial charge in [-0.2, -0.15) is 0 Å². The number of amides is 1. The van der Waals surface area contributed by atoms with Crippen molar-refractivity contribution in [3.8, 4) is 0 Å². The summed E-state index contributed by atoms with van der Waals surface area (Å²) < 4.78 is 2.29. The Morgan fingerprint density at radius 2 is 2.07 bits per heavy atom. The van der Waals surface area contributed by atoms with Gasteiger partial charge in [-0.3, -0.25) is 9.59 Å². The molecule has 1 amide bonds. The second-order valence-corrected chi connectivity index (χ2v) is 8.14. The number of hydrogen-bond acceptors (Lipinski definition) is 5. The van der Waals surface area contributed by atoms with Crippen molar-refractivity contribution < 1.29 is 4.79 Å². The Balaban J connectivity index is 1.37. The zero-order valence-electron chi connectivity index (χ0n) is 16.5. The maximum Gasteiger partial charge on any atom is 0.267 e. The molecule has 4 rings (SSSR count). The molecule has 0 spiro atoms. The van der Waals surface area contributed by atoms with E-state index >= 15 is 0 Å². The highest BCUT2D eigenvalue weighted by Gasteiger charge is 2.23. The number of carbonyl (C=O) groups excluding carboxylic acids is 1. The number of nitrogens with one attached hydrogen (secondary N) is 2. The van der Waals surface area contributed by atoms with Crippen LogP contribution in [0.25, 0.3) is 10.8 Å². The molecule has 1 aliphatic carbocycles. The summed E-state index contributed by atoms with van der Waals surface area (Å²) in [5.74, 6) is 0.726. The Kier molecular flexibility index (Phi) is 5.99. The molecule has 8 heteroatoms. The van der Waals surface area contributed by atoms with E-state index in [2.05, 4.69) is 25.1 Å². The number of aryl methyl sites for hydroxylation is 1. The van der Waals surface area contributed by atoms with Crippen molar-refractivity contribution in [1.29, 1.82) is 0 Å². The predicted octanol–water partition coefficient (Wildman–Crippen LogP) is 3.32. The third kappa shape index (κ3) is 4.22. The minimum atomic E-state index is -0.269. The molecule has 0 aliphatic heterocycles. The lowest BCUT2D eigenvalue weighted by Crippen LogP contribution is -2.27. The number of aromatic nitrogens is 4. The highest BCUT2D eigenvalue weighted by Crippen LogP contribution is 2.33. The second-order valence-electron chi connectivity index (χ2n) is 7.37. The average molecular weight is 412 g/mol. The number of rotatable bonds is 7. The van der Waals surface area contributed by atoms with Gasteiger partial charge >= 0.3 is 0 Å². The number of nitrogens with zero attached hydrogens (tertiary/aromatic N) is 3. The first-order chi connectivity index (χ1) is 14.2. The molecule has 0 saturated heterocycles. The minimum absolute atomic E-state index is 0.248. The number of aromatic amines is 1. The van der Waals surface area contributed by atoms with E-state index in [1.807, 2.05) is 24.5 Å². The smallest absolute Gasteiger partial charge is 0.267 e. The molecule has 7 nitrogen and oxygen atoms in total. The monoisotopic (exact) mass is 411 g/mol. The lowest BCUT2D eigenvalue weighted by Gasteiger charge is -2.16. The SMILES string of the molecule is CSc1nnc(CCCNC(=O)c2cc3ccccc3c(=O)[nH]2)n1C1CCCC1. The van der Waals surface area contributed by atoms with Crippen molar-refractivity contribution in [3.05, 3.63) is 52.2 Å². The van der Waals surface area contributed by atoms with Gasteiger partial charge < -0.3 is 14.9 Å². The van der Waals surface area contributed by atoms with Gasteiger partial charge in [0.05, 0.1) is 0 Å². The molecule has 3 aromatic rings. The summed E-state index contributed by atoms with van der Waals surface area (Å²) in [5.41, 5.74) is 0.0370. The van der Waals surface area contributed by atoms with Gasteiger partial charge in [-0.05, 0) is 43.0 Å². The first-order valence-electron chi connectivity index (χ1n) is 10.1. The van der Waals surface area contributed by atoms with Gasteiger partial charge in [-0.15, -0.1) is 10.2 Å². The number of carbonyl (C=O) groups is 1. The molecule has 0 atom stereocenters. The highest BCUT2D eigenvalue weighted by molar-refractivity contribution is 7.98. The molecule has 0 bridgehead atoms. The Hall–Kier alpha value is -2.61. The number of thioether (sulfide) groups is 1. The number of pyridine rings is 1. The second kappa shape index (κ2) is 8.82. The van der Waals surface area contributed by atoms with Crippen molar-refractivity contribution in [2.45, 2.75) is 49.7 Å². The Labute approximate surface area is 173 Å². The normalized spacial score (nSPS) is 14.5. The van der Waals surface area contributed by atoms with Crippen LogP contribution in [-0.4, -0.2) is 38.5 Å². The number of hydrogen-bond donors (Lipinski definition) is 2. The highest BCUT2D eigenvalue weighted by atomic mass is 32.2. The molecular weight excluding hydrogens is 386 g/mol.